The summed E-state index contributed by atoms with van der Waals surface area (Å²) < 4.78 is 9.83. The second-order valence-corrected chi connectivity index (χ2v) is 5.85. The van der Waals surface area contributed by atoms with Gasteiger partial charge >= 0.3 is 5.97 Å². The fourth-order valence-corrected chi connectivity index (χ4v) is 3.09. The second kappa shape index (κ2) is 7.34. The first kappa shape index (κ1) is 17.0. The Kier molecular flexibility index (Phi) is 4.97. The first-order chi connectivity index (χ1) is 12.1. The molecule has 1 aliphatic rings. The number of hydrogen-bond acceptors (Lipinski definition) is 5. The van der Waals surface area contributed by atoms with Crippen molar-refractivity contribution in [3.63, 3.8) is 0 Å². The summed E-state index contributed by atoms with van der Waals surface area (Å²) in [6.07, 6.45) is 3.23. The Morgan fingerprint density at radius 2 is 1.88 bits per heavy atom. The highest BCUT2D eigenvalue weighted by Crippen LogP contribution is 2.33. The molecule has 1 aromatic heterocycles. The third-order valence-corrected chi connectivity index (χ3v) is 4.42. The molecule has 1 unspecified atom stereocenters. The van der Waals surface area contributed by atoms with Crippen molar-refractivity contribution >= 4 is 11.9 Å². The third-order valence-electron chi connectivity index (χ3n) is 4.42. The molecule has 1 fully saturated rings. The molecule has 0 aliphatic carbocycles. The third kappa shape index (κ3) is 3.47. The molecule has 0 bridgehead atoms. The Balaban J connectivity index is 1.79. The molecule has 6 heteroatoms. The number of benzene rings is 1. The van der Waals surface area contributed by atoms with E-state index in [4.69, 9.17) is 4.74 Å². The lowest BCUT2D eigenvalue weighted by molar-refractivity contribution is 0.0598. The molecule has 2 heterocycles. The molecule has 25 heavy (non-hydrogen) atoms. The van der Waals surface area contributed by atoms with E-state index in [9.17, 15) is 9.59 Å². The van der Waals surface area contributed by atoms with Gasteiger partial charge in [0, 0.05) is 12.7 Å². The van der Waals surface area contributed by atoms with Crippen molar-refractivity contribution in [3.05, 3.63) is 59.4 Å². The average molecular weight is 340 g/mol. The van der Waals surface area contributed by atoms with Crippen LogP contribution in [-0.2, 0) is 4.74 Å². The maximum absolute atomic E-state index is 12.8. The van der Waals surface area contributed by atoms with Crippen molar-refractivity contribution in [2.45, 2.75) is 18.9 Å². The standard InChI is InChI=1S/C19H20N2O4/c1-24-15-8-5-13(6-9-15)17-4-3-11-21(17)18(22)16-10-7-14(12-20-16)19(23)25-2/h5-10,12,17H,3-4,11H2,1-2H3. The van der Waals surface area contributed by atoms with Gasteiger partial charge in [-0.2, -0.15) is 0 Å². The van der Waals surface area contributed by atoms with Gasteiger partial charge in [-0.15, -0.1) is 0 Å². The minimum Gasteiger partial charge on any atom is -0.497 e. The van der Waals surface area contributed by atoms with Crippen molar-refractivity contribution in [2.75, 3.05) is 20.8 Å². The maximum Gasteiger partial charge on any atom is 0.339 e. The lowest BCUT2D eigenvalue weighted by Gasteiger charge is -2.25. The van der Waals surface area contributed by atoms with Crippen molar-refractivity contribution in [1.29, 1.82) is 0 Å². The summed E-state index contributed by atoms with van der Waals surface area (Å²) in [5, 5.41) is 0. The molecular weight excluding hydrogens is 320 g/mol. The van der Waals surface area contributed by atoms with E-state index in [-0.39, 0.29) is 11.9 Å². The fraction of sp³-hybridized carbons (Fsp3) is 0.316. The summed E-state index contributed by atoms with van der Waals surface area (Å²) in [4.78, 5) is 30.3. The summed E-state index contributed by atoms with van der Waals surface area (Å²) >= 11 is 0. The number of carbonyl (C=O) groups is 2. The molecule has 6 nitrogen and oxygen atoms in total. The fourth-order valence-electron chi connectivity index (χ4n) is 3.09. The van der Waals surface area contributed by atoms with Crippen LogP contribution in [0.3, 0.4) is 0 Å². The highest BCUT2D eigenvalue weighted by atomic mass is 16.5. The van der Waals surface area contributed by atoms with Gasteiger partial charge in [-0.05, 0) is 42.7 Å². The number of nitrogens with zero attached hydrogens (tertiary/aromatic N) is 2. The number of likely N-dealkylation sites (tertiary alicyclic amines) is 1. The van der Waals surface area contributed by atoms with Gasteiger partial charge in [-0.25, -0.2) is 4.79 Å². The van der Waals surface area contributed by atoms with E-state index in [2.05, 4.69) is 9.72 Å². The van der Waals surface area contributed by atoms with E-state index in [1.165, 1.54) is 13.3 Å². The first-order valence-corrected chi connectivity index (χ1v) is 8.13. The van der Waals surface area contributed by atoms with Gasteiger partial charge < -0.3 is 14.4 Å². The average Bonchev–Trinajstić information content (AvgIpc) is 3.16. The lowest BCUT2D eigenvalue weighted by atomic mass is 10.0. The molecule has 1 aliphatic heterocycles. The molecule has 1 atom stereocenters. The van der Waals surface area contributed by atoms with Crippen LogP contribution in [0, 0.1) is 0 Å². The maximum atomic E-state index is 12.8. The van der Waals surface area contributed by atoms with Crippen LogP contribution < -0.4 is 4.74 Å². The highest BCUT2D eigenvalue weighted by Gasteiger charge is 2.31. The molecular formula is C19H20N2O4. The van der Waals surface area contributed by atoms with Crippen LogP contribution >= 0.6 is 0 Å². The minimum atomic E-state index is -0.469. The Morgan fingerprint density at radius 3 is 2.48 bits per heavy atom. The predicted molar refractivity (Wildman–Crippen MR) is 91.6 cm³/mol. The first-order valence-electron chi connectivity index (χ1n) is 8.13. The number of carbonyl (C=O) groups excluding carboxylic acids is 2. The van der Waals surface area contributed by atoms with Gasteiger partial charge in [0.2, 0.25) is 0 Å². The van der Waals surface area contributed by atoms with Crippen LogP contribution in [0.25, 0.3) is 0 Å². The summed E-state index contributed by atoms with van der Waals surface area (Å²) in [5.41, 5.74) is 1.73. The summed E-state index contributed by atoms with van der Waals surface area (Å²) in [6, 6.07) is 10.9. The number of esters is 1. The van der Waals surface area contributed by atoms with E-state index < -0.39 is 5.97 Å². The van der Waals surface area contributed by atoms with Gasteiger partial charge in [0.15, 0.2) is 0 Å². The van der Waals surface area contributed by atoms with Crippen molar-refractivity contribution in [3.8, 4) is 5.75 Å². The number of hydrogen-bond donors (Lipinski definition) is 0. The Hall–Kier alpha value is -2.89. The molecule has 1 aromatic carbocycles. The van der Waals surface area contributed by atoms with Crippen molar-refractivity contribution < 1.29 is 19.1 Å². The summed E-state index contributed by atoms with van der Waals surface area (Å²) in [7, 11) is 2.94. The van der Waals surface area contributed by atoms with Crippen molar-refractivity contribution in [1.82, 2.24) is 9.88 Å². The van der Waals surface area contributed by atoms with E-state index in [0.29, 0.717) is 17.8 Å². The smallest absolute Gasteiger partial charge is 0.339 e. The molecule has 130 valence electrons. The predicted octanol–water partition coefficient (Wildman–Crippen LogP) is 2.85. The van der Waals surface area contributed by atoms with Gasteiger partial charge in [-0.1, -0.05) is 12.1 Å². The molecule has 1 amide bonds. The number of aromatic nitrogens is 1. The normalized spacial score (nSPS) is 16.6. The molecule has 0 radical (unpaired) electrons. The topological polar surface area (TPSA) is 68.7 Å². The second-order valence-electron chi connectivity index (χ2n) is 5.85. The highest BCUT2D eigenvalue weighted by molar-refractivity contribution is 5.94. The Morgan fingerprint density at radius 1 is 1.12 bits per heavy atom. The number of ether oxygens (including phenoxy) is 2. The SMILES string of the molecule is COC(=O)c1ccc(C(=O)N2CCCC2c2ccc(OC)cc2)nc1. The van der Waals surface area contributed by atoms with E-state index in [1.807, 2.05) is 29.2 Å². The monoisotopic (exact) mass is 340 g/mol. The zero-order chi connectivity index (χ0) is 17.8. The molecule has 0 saturated carbocycles. The van der Waals surface area contributed by atoms with Crippen LogP contribution in [0.2, 0.25) is 0 Å². The Labute approximate surface area is 146 Å². The zero-order valence-electron chi connectivity index (χ0n) is 14.3. The zero-order valence-corrected chi connectivity index (χ0v) is 14.3. The molecule has 1 saturated heterocycles. The molecule has 0 N–H and O–H groups in total. The van der Waals surface area contributed by atoms with Crippen LogP contribution in [0.15, 0.2) is 42.6 Å². The van der Waals surface area contributed by atoms with Crippen LogP contribution in [0.4, 0.5) is 0 Å². The molecule has 3 rings (SSSR count). The number of rotatable bonds is 4. The van der Waals surface area contributed by atoms with E-state index >= 15 is 0 Å². The van der Waals surface area contributed by atoms with Crippen LogP contribution in [0.1, 0.15) is 45.3 Å². The largest absolute Gasteiger partial charge is 0.497 e. The Bertz CT molecular complexity index is 756. The van der Waals surface area contributed by atoms with Gasteiger partial charge in [0.05, 0.1) is 25.8 Å². The van der Waals surface area contributed by atoms with Crippen molar-refractivity contribution in [2.24, 2.45) is 0 Å². The minimum absolute atomic E-state index is 0.0282. The number of pyridine rings is 1. The lowest BCUT2D eigenvalue weighted by Crippen LogP contribution is -2.31. The molecule has 0 spiro atoms. The summed E-state index contributed by atoms with van der Waals surface area (Å²) in [6.45, 7) is 0.690. The molecule has 2 aromatic rings. The summed E-state index contributed by atoms with van der Waals surface area (Å²) in [5.74, 6) is 0.193. The van der Waals surface area contributed by atoms with Gasteiger partial charge in [0.1, 0.15) is 11.4 Å². The number of methoxy groups -OCH3 is 2. The van der Waals surface area contributed by atoms with Gasteiger partial charge in [0.25, 0.3) is 5.91 Å². The quantitative estimate of drug-likeness (QED) is 0.801. The van der Waals surface area contributed by atoms with E-state index in [1.54, 1.807) is 19.2 Å². The number of amides is 1. The van der Waals surface area contributed by atoms with Crippen LogP contribution in [-0.4, -0.2) is 42.5 Å². The van der Waals surface area contributed by atoms with Crippen LogP contribution in [0.5, 0.6) is 5.75 Å². The van der Waals surface area contributed by atoms with E-state index in [0.717, 1.165) is 24.2 Å². The van der Waals surface area contributed by atoms with Gasteiger partial charge in [-0.3, -0.25) is 9.78 Å².